The van der Waals surface area contributed by atoms with Crippen LogP contribution < -0.4 is 0 Å². The van der Waals surface area contributed by atoms with Crippen LogP contribution in [0.1, 0.15) is 22.7 Å². The number of terminal acetylenes is 1. The van der Waals surface area contributed by atoms with Crippen molar-refractivity contribution in [2.45, 2.75) is 12.5 Å². The molecule has 1 unspecified atom stereocenters. The molecule has 0 spiro atoms. The van der Waals surface area contributed by atoms with Crippen molar-refractivity contribution in [2.24, 2.45) is 4.99 Å². The van der Waals surface area contributed by atoms with Crippen molar-refractivity contribution in [1.29, 1.82) is 0 Å². The molecule has 0 N–H and O–H groups in total. The first kappa shape index (κ1) is 12.4. The second-order valence-corrected chi connectivity index (χ2v) is 4.84. The summed E-state index contributed by atoms with van der Waals surface area (Å²) in [7, 11) is 0. The van der Waals surface area contributed by atoms with Gasteiger partial charge in [0.1, 0.15) is 0 Å². The van der Waals surface area contributed by atoms with Gasteiger partial charge in [-0.2, -0.15) is 0 Å². The Kier molecular flexibility index (Phi) is 3.23. The Labute approximate surface area is 119 Å². The van der Waals surface area contributed by atoms with Gasteiger partial charge in [-0.15, -0.1) is 12.8 Å². The average molecular weight is 257 g/mol. The number of aliphatic imine (C=N–C) groups is 1. The van der Waals surface area contributed by atoms with Crippen molar-refractivity contribution in [3.63, 3.8) is 0 Å². The van der Waals surface area contributed by atoms with E-state index in [0.29, 0.717) is 0 Å². The molecule has 0 amide bonds. The largest absolute Gasteiger partial charge is 0.281 e. The number of nitrogens with zero attached hydrogens (tertiary/aromatic N) is 1. The van der Waals surface area contributed by atoms with Crippen LogP contribution in [0.2, 0.25) is 0 Å². The minimum Gasteiger partial charge on any atom is -0.281 e. The fraction of sp³-hybridized carbons (Fsp3) is 0.105. The molecular weight excluding hydrogens is 242 g/mol. The van der Waals surface area contributed by atoms with Gasteiger partial charge in [-0.3, -0.25) is 4.99 Å². The lowest BCUT2D eigenvalue weighted by Crippen LogP contribution is -1.95. The van der Waals surface area contributed by atoms with Gasteiger partial charge in [0.05, 0.1) is 6.04 Å². The van der Waals surface area contributed by atoms with Gasteiger partial charge in [0, 0.05) is 6.21 Å². The van der Waals surface area contributed by atoms with Gasteiger partial charge in [-0.05, 0) is 40.3 Å². The molecule has 1 heteroatoms. The first-order valence-electron chi connectivity index (χ1n) is 6.67. The molecule has 1 heterocycles. The smallest absolute Gasteiger partial charge is 0.0936 e. The molecule has 0 saturated carbocycles. The van der Waals surface area contributed by atoms with E-state index >= 15 is 0 Å². The van der Waals surface area contributed by atoms with E-state index in [4.69, 9.17) is 0 Å². The Balaban J connectivity index is 0.000000581. The Morgan fingerprint density at radius 3 is 2.55 bits per heavy atom. The van der Waals surface area contributed by atoms with Gasteiger partial charge in [0.15, 0.2) is 0 Å². The summed E-state index contributed by atoms with van der Waals surface area (Å²) in [6, 6.07) is 15.5. The number of hydrogen-bond donors (Lipinski definition) is 0. The summed E-state index contributed by atoms with van der Waals surface area (Å²) in [5, 5.41) is 0. The number of rotatable bonds is 1. The lowest BCUT2D eigenvalue weighted by molar-refractivity contribution is 0.916. The molecule has 0 radical (unpaired) electrons. The van der Waals surface area contributed by atoms with Crippen LogP contribution in [-0.4, -0.2) is 6.21 Å². The molecule has 4 rings (SSSR count). The van der Waals surface area contributed by atoms with Crippen molar-refractivity contribution >= 4 is 6.21 Å². The topological polar surface area (TPSA) is 12.4 Å². The maximum atomic E-state index is 4.51. The molecule has 0 bridgehead atoms. The molecule has 2 aromatic rings. The SMILES string of the molecule is C#C.C1=CC(c2cccc3c2Cc2ccccc2-3)N=C1. The number of benzene rings is 2. The molecule has 20 heavy (non-hydrogen) atoms. The van der Waals surface area contributed by atoms with Gasteiger partial charge >= 0.3 is 0 Å². The Morgan fingerprint density at radius 2 is 1.75 bits per heavy atom. The van der Waals surface area contributed by atoms with Gasteiger partial charge < -0.3 is 0 Å². The van der Waals surface area contributed by atoms with Crippen LogP contribution >= 0.6 is 0 Å². The third kappa shape index (κ3) is 1.87. The second kappa shape index (κ2) is 5.19. The third-order valence-electron chi connectivity index (χ3n) is 3.83. The zero-order chi connectivity index (χ0) is 13.9. The van der Waals surface area contributed by atoms with Crippen molar-refractivity contribution in [1.82, 2.24) is 0 Å². The molecule has 1 nitrogen and oxygen atoms in total. The van der Waals surface area contributed by atoms with Crippen LogP contribution in [0.3, 0.4) is 0 Å². The van der Waals surface area contributed by atoms with Gasteiger partial charge in [0.25, 0.3) is 0 Å². The van der Waals surface area contributed by atoms with E-state index < -0.39 is 0 Å². The summed E-state index contributed by atoms with van der Waals surface area (Å²) in [5.41, 5.74) is 7.02. The lowest BCUT2D eigenvalue weighted by Gasteiger charge is -2.11. The number of hydrogen-bond acceptors (Lipinski definition) is 1. The van der Waals surface area contributed by atoms with E-state index in [1.54, 1.807) is 0 Å². The standard InChI is InChI=1S/C17H13N.C2H2/c1-2-6-13-12(5-1)11-16-14(13)7-3-8-15(16)17-9-4-10-18-17;1-2/h1-10,17H,11H2;1-2H. The minimum absolute atomic E-state index is 0.217. The van der Waals surface area contributed by atoms with Crippen LogP contribution in [-0.2, 0) is 6.42 Å². The van der Waals surface area contributed by atoms with Crippen molar-refractivity contribution in [3.8, 4) is 24.0 Å². The first-order chi connectivity index (χ1) is 9.93. The molecule has 2 aliphatic rings. The highest BCUT2D eigenvalue weighted by Gasteiger charge is 2.23. The highest BCUT2D eigenvalue weighted by molar-refractivity contribution is 5.79. The molecule has 1 aliphatic heterocycles. The number of allylic oxidation sites excluding steroid dienone is 1. The van der Waals surface area contributed by atoms with E-state index in [-0.39, 0.29) is 6.04 Å². The van der Waals surface area contributed by atoms with Crippen molar-refractivity contribution in [3.05, 3.63) is 71.3 Å². The lowest BCUT2D eigenvalue weighted by atomic mass is 9.96. The van der Waals surface area contributed by atoms with Crippen LogP contribution in [0.25, 0.3) is 11.1 Å². The molecule has 0 saturated heterocycles. The van der Waals surface area contributed by atoms with Gasteiger partial charge in [-0.1, -0.05) is 48.5 Å². The van der Waals surface area contributed by atoms with E-state index in [1.165, 1.54) is 27.8 Å². The zero-order valence-electron chi connectivity index (χ0n) is 11.2. The zero-order valence-corrected chi connectivity index (χ0v) is 11.2. The van der Waals surface area contributed by atoms with Crippen LogP contribution in [0.4, 0.5) is 0 Å². The summed E-state index contributed by atoms with van der Waals surface area (Å²) in [6.07, 6.45) is 15.1. The quantitative estimate of drug-likeness (QED) is 0.580. The van der Waals surface area contributed by atoms with Gasteiger partial charge in [0.2, 0.25) is 0 Å². The molecule has 1 atom stereocenters. The summed E-state index contributed by atoms with van der Waals surface area (Å²) in [5.74, 6) is 0. The third-order valence-corrected chi connectivity index (χ3v) is 3.83. The Bertz CT molecular complexity index is 708. The maximum Gasteiger partial charge on any atom is 0.0936 e. The second-order valence-electron chi connectivity index (χ2n) is 4.84. The summed E-state index contributed by atoms with van der Waals surface area (Å²) in [4.78, 5) is 4.51. The summed E-state index contributed by atoms with van der Waals surface area (Å²) < 4.78 is 0. The Hall–Kier alpha value is -2.59. The molecular formula is C19H15N. The minimum atomic E-state index is 0.217. The fourth-order valence-electron chi connectivity index (χ4n) is 2.99. The maximum absolute atomic E-state index is 4.51. The summed E-state index contributed by atoms with van der Waals surface area (Å²) >= 11 is 0. The van der Waals surface area contributed by atoms with Crippen LogP contribution in [0.15, 0.2) is 59.6 Å². The molecule has 2 aromatic carbocycles. The predicted molar refractivity (Wildman–Crippen MR) is 84.9 cm³/mol. The molecule has 96 valence electrons. The van der Waals surface area contributed by atoms with Crippen LogP contribution in [0.5, 0.6) is 0 Å². The molecule has 0 fully saturated rings. The highest BCUT2D eigenvalue weighted by atomic mass is 14.8. The molecule has 0 aromatic heterocycles. The van der Waals surface area contributed by atoms with Crippen molar-refractivity contribution in [2.75, 3.05) is 0 Å². The normalized spacial score (nSPS) is 17.2. The first-order valence-corrected chi connectivity index (χ1v) is 6.67. The number of fused-ring (bicyclic) bond motifs is 3. The van der Waals surface area contributed by atoms with Gasteiger partial charge in [-0.25, -0.2) is 0 Å². The monoisotopic (exact) mass is 257 g/mol. The van der Waals surface area contributed by atoms with Crippen molar-refractivity contribution < 1.29 is 0 Å². The fourth-order valence-corrected chi connectivity index (χ4v) is 2.99. The van der Waals surface area contributed by atoms with E-state index in [9.17, 15) is 0 Å². The van der Waals surface area contributed by atoms with E-state index in [2.05, 4.69) is 66.4 Å². The predicted octanol–water partition coefficient (Wildman–Crippen LogP) is 4.19. The highest BCUT2D eigenvalue weighted by Crippen LogP contribution is 2.40. The van der Waals surface area contributed by atoms with E-state index in [0.717, 1.165) is 6.42 Å². The summed E-state index contributed by atoms with van der Waals surface area (Å²) in [6.45, 7) is 0. The van der Waals surface area contributed by atoms with E-state index in [1.807, 2.05) is 12.3 Å². The average Bonchev–Trinajstić information content (AvgIpc) is 3.16. The van der Waals surface area contributed by atoms with Crippen LogP contribution in [0, 0.1) is 12.8 Å². The Morgan fingerprint density at radius 1 is 0.950 bits per heavy atom. The molecule has 1 aliphatic carbocycles.